The smallest absolute Gasteiger partial charge is 0.329 e. The summed E-state index contributed by atoms with van der Waals surface area (Å²) in [5.41, 5.74) is 0.500. The minimum absolute atomic E-state index is 0.00445. The summed E-state index contributed by atoms with van der Waals surface area (Å²) in [7, 11) is 0. The van der Waals surface area contributed by atoms with E-state index in [2.05, 4.69) is 5.32 Å². The zero-order valence-electron chi connectivity index (χ0n) is 14.8. The van der Waals surface area contributed by atoms with Crippen molar-refractivity contribution in [2.75, 3.05) is 24.5 Å². The Bertz CT molecular complexity index is 759. The van der Waals surface area contributed by atoms with Gasteiger partial charge in [0.1, 0.15) is 6.54 Å². The molecule has 2 aliphatic heterocycles. The number of benzene rings is 1. The van der Waals surface area contributed by atoms with E-state index in [9.17, 15) is 19.5 Å². The van der Waals surface area contributed by atoms with E-state index in [-0.39, 0.29) is 24.3 Å². The van der Waals surface area contributed by atoms with Crippen LogP contribution < -0.4 is 10.2 Å². The molecule has 1 aliphatic carbocycles. The van der Waals surface area contributed by atoms with Gasteiger partial charge in [0, 0.05) is 30.3 Å². The number of amides is 4. The number of rotatable bonds is 3. The Hall–Kier alpha value is -2.41. The molecule has 0 bridgehead atoms. The van der Waals surface area contributed by atoms with E-state index in [1.807, 2.05) is 6.92 Å². The van der Waals surface area contributed by atoms with E-state index < -0.39 is 11.6 Å². The number of carbonyl (C=O) groups excluding carboxylic acids is 3. The maximum atomic E-state index is 12.8. The van der Waals surface area contributed by atoms with Crippen LogP contribution in [0, 0.1) is 11.8 Å². The van der Waals surface area contributed by atoms with Gasteiger partial charge in [-0.25, -0.2) is 4.79 Å². The Balaban J connectivity index is 1.44. The molecule has 26 heavy (non-hydrogen) atoms. The molecule has 1 unspecified atom stereocenters. The average molecular weight is 357 g/mol. The highest BCUT2D eigenvalue weighted by Gasteiger charge is 2.50. The molecule has 4 amide bonds. The molecule has 2 N–H and O–H groups in total. The first-order chi connectivity index (χ1) is 12.4. The molecule has 7 nitrogen and oxygen atoms in total. The van der Waals surface area contributed by atoms with Gasteiger partial charge >= 0.3 is 6.03 Å². The molecule has 1 aromatic carbocycles. The number of piperidine rings is 1. The van der Waals surface area contributed by atoms with Crippen molar-refractivity contribution in [1.82, 2.24) is 10.2 Å². The number of hydrogen-bond donors (Lipinski definition) is 2. The lowest BCUT2D eigenvalue weighted by Crippen LogP contribution is -2.53. The predicted molar refractivity (Wildman–Crippen MR) is 94.7 cm³/mol. The number of imide groups is 1. The molecule has 0 radical (unpaired) electrons. The quantitative estimate of drug-likeness (QED) is 0.800. The van der Waals surface area contributed by atoms with E-state index >= 15 is 0 Å². The van der Waals surface area contributed by atoms with Crippen LogP contribution >= 0.6 is 0 Å². The number of anilines is 1. The fraction of sp³-hybridized carbons (Fsp3) is 0.526. The fourth-order valence-corrected chi connectivity index (χ4v) is 4.13. The van der Waals surface area contributed by atoms with E-state index in [0.717, 1.165) is 12.8 Å². The summed E-state index contributed by atoms with van der Waals surface area (Å²) in [4.78, 5) is 38.9. The summed E-state index contributed by atoms with van der Waals surface area (Å²) >= 11 is 0. The summed E-state index contributed by atoms with van der Waals surface area (Å²) < 4.78 is 0. The van der Waals surface area contributed by atoms with Gasteiger partial charge in [0.05, 0.1) is 5.60 Å². The van der Waals surface area contributed by atoms with Gasteiger partial charge in [-0.05, 0) is 49.4 Å². The number of aliphatic hydroxyl groups is 1. The summed E-state index contributed by atoms with van der Waals surface area (Å²) in [6.07, 6.45) is 2.80. The van der Waals surface area contributed by atoms with Crippen molar-refractivity contribution in [2.24, 2.45) is 11.8 Å². The van der Waals surface area contributed by atoms with Crippen LogP contribution in [0.4, 0.5) is 10.5 Å². The van der Waals surface area contributed by atoms with Crippen LogP contribution in [0.2, 0.25) is 0 Å². The maximum absolute atomic E-state index is 12.8. The van der Waals surface area contributed by atoms with Crippen LogP contribution in [-0.4, -0.2) is 53.1 Å². The van der Waals surface area contributed by atoms with E-state index in [1.165, 1.54) is 4.90 Å². The van der Waals surface area contributed by atoms with Gasteiger partial charge in [-0.1, -0.05) is 6.92 Å². The van der Waals surface area contributed by atoms with Gasteiger partial charge in [0.15, 0.2) is 0 Å². The van der Waals surface area contributed by atoms with Crippen LogP contribution in [0.25, 0.3) is 0 Å². The standard InChI is InChI=1S/C19H23N3O4/c1-12-10-21(9-8-19(12,26)14-4-5-14)17(24)13-2-6-15(7-3-13)22-11-16(23)20-18(22)25/h2-3,6-7,12,14,26H,4-5,8-11H2,1H3,(H,20,23,25)/t12?,19-/m0/s1. The highest BCUT2D eigenvalue weighted by atomic mass is 16.3. The third kappa shape index (κ3) is 2.86. The number of hydrogen-bond acceptors (Lipinski definition) is 4. The van der Waals surface area contributed by atoms with Crippen molar-refractivity contribution < 1.29 is 19.5 Å². The lowest BCUT2D eigenvalue weighted by atomic mass is 9.78. The van der Waals surface area contributed by atoms with Crippen molar-refractivity contribution in [2.45, 2.75) is 31.8 Å². The van der Waals surface area contributed by atoms with E-state index in [1.54, 1.807) is 29.2 Å². The topological polar surface area (TPSA) is 90.0 Å². The van der Waals surface area contributed by atoms with Crippen LogP contribution in [0.15, 0.2) is 24.3 Å². The molecule has 3 fully saturated rings. The minimum atomic E-state index is -0.629. The van der Waals surface area contributed by atoms with Gasteiger partial charge in [-0.15, -0.1) is 0 Å². The second-order valence-corrected chi connectivity index (χ2v) is 7.65. The molecular formula is C19H23N3O4. The average Bonchev–Trinajstić information content (AvgIpc) is 3.42. The fourth-order valence-electron chi connectivity index (χ4n) is 4.13. The third-order valence-electron chi connectivity index (χ3n) is 5.92. The maximum Gasteiger partial charge on any atom is 0.329 e. The van der Waals surface area contributed by atoms with Crippen LogP contribution in [-0.2, 0) is 4.79 Å². The summed E-state index contributed by atoms with van der Waals surface area (Å²) in [6.45, 7) is 3.12. The SMILES string of the molecule is CC1CN(C(=O)c2ccc(N3CC(=O)NC3=O)cc2)CC[C@@]1(O)C1CC1. The first-order valence-electron chi connectivity index (χ1n) is 9.11. The number of nitrogens with one attached hydrogen (secondary N) is 1. The van der Waals surface area contributed by atoms with E-state index in [0.29, 0.717) is 36.7 Å². The number of likely N-dealkylation sites (tertiary alicyclic amines) is 1. The molecule has 7 heteroatoms. The number of nitrogens with zero attached hydrogens (tertiary/aromatic N) is 2. The van der Waals surface area contributed by atoms with E-state index in [4.69, 9.17) is 0 Å². The molecule has 0 spiro atoms. The van der Waals surface area contributed by atoms with Gasteiger partial charge in [0.25, 0.3) is 5.91 Å². The summed E-state index contributed by atoms with van der Waals surface area (Å²) in [5, 5.41) is 13.1. The first-order valence-corrected chi connectivity index (χ1v) is 9.11. The number of carbonyl (C=O) groups is 3. The lowest BCUT2D eigenvalue weighted by molar-refractivity contribution is -0.117. The van der Waals surface area contributed by atoms with Crippen molar-refractivity contribution in [3.05, 3.63) is 29.8 Å². The van der Waals surface area contributed by atoms with Gasteiger partial charge < -0.3 is 10.0 Å². The molecule has 138 valence electrons. The molecule has 4 rings (SSSR count). The first kappa shape index (κ1) is 17.0. The lowest BCUT2D eigenvalue weighted by Gasteiger charge is -2.43. The van der Waals surface area contributed by atoms with Gasteiger partial charge in [-0.3, -0.25) is 19.8 Å². The molecule has 2 saturated heterocycles. The molecule has 1 aromatic rings. The monoisotopic (exact) mass is 357 g/mol. The molecule has 0 aromatic heterocycles. The van der Waals surface area contributed by atoms with Crippen molar-refractivity contribution >= 4 is 23.5 Å². The Morgan fingerprint density at radius 3 is 2.46 bits per heavy atom. The Morgan fingerprint density at radius 1 is 1.23 bits per heavy atom. The highest BCUT2D eigenvalue weighted by molar-refractivity contribution is 6.12. The molecule has 2 atom stereocenters. The molecule has 2 heterocycles. The van der Waals surface area contributed by atoms with Crippen LogP contribution in [0.5, 0.6) is 0 Å². The molecule has 1 saturated carbocycles. The molecule has 3 aliphatic rings. The zero-order valence-corrected chi connectivity index (χ0v) is 14.8. The summed E-state index contributed by atoms with van der Waals surface area (Å²) in [6, 6.07) is 6.28. The largest absolute Gasteiger partial charge is 0.389 e. The second kappa shape index (κ2) is 6.09. The summed E-state index contributed by atoms with van der Waals surface area (Å²) in [5.74, 6) is 0.0541. The van der Waals surface area contributed by atoms with Gasteiger partial charge in [-0.2, -0.15) is 0 Å². The Labute approximate surface area is 152 Å². The predicted octanol–water partition coefficient (Wildman–Crippen LogP) is 1.37. The Morgan fingerprint density at radius 2 is 1.92 bits per heavy atom. The van der Waals surface area contributed by atoms with Crippen molar-refractivity contribution in [3.63, 3.8) is 0 Å². The number of urea groups is 1. The normalized spacial score (nSPS) is 29.1. The van der Waals surface area contributed by atoms with Crippen molar-refractivity contribution in [1.29, 1.82) is 0 Å². The highest BCUT2D eigenvalue weighted by Crippen LogP contribution is 2.47. The Kier molecular flexibility index (Phi) is 3.99. The van der Waals surface area contributed by atoms with Crippen molar-refractivity contribution in [3.8, 4) is 0 Å². The molecular weight excluding hydrogens is 334 g/mol. The van der Waals surface area contributed by atoms with Crippen LogP contribution in [0.3, 0.4) is 0 Å². The zero-order chi connectivity index (χ0) is 18.5. The minimum Gasteiger partial charge on any atom is -0.389 e. The van der Waals surface area contributed by atoms with Crippen LogP contribution in [0.1, 0.15) is 36.5 Å². The van der Waals surface area contributed by atoms with Gasteiger partial charge in [0.2, 0.25) is 5.91 Å². The third-order valence-corrected chi connectivity index (χ3v) is 5.92. The second-order valence-electron chi connectivity index (χ2n) is 7.65.